The monoisotopic (exact) mass is 446 g/mol. The Balaban J connectivity index is 1.21. The van der Waals surface area contributed by atoms with E-state index in [1.165, 1.54) is 23.8 Å². The summed E-state index contributed by atoms with van der Waals surface area (Å²) in [5.74, 6) is 0.240. The van der Waals surface area contributed by atoms with E-state index in [4.69, 9.17) is 4.74 Å². The number of imide groups is 1. The number of anilines is 1. The topological polar surface area (TPSA) is 65.1 Å². The van der Waals surface area contributed by atoms with Gasteiger partial charge in [0.2, 0.25) is 11.8 Å². The fourth-order valence-corrected chi connectivity index (χ4v) is 4.48. The average Bonchev–Trinajstić information content (AvgIpc) is 3.59. The number of benzene rings is 1. The molecule has 0 bridgehead atoms. The number of nitrogens with one attached hydrogen (secondary N) is 1. The van der Waals surface area contributed by atoms with Crippen molar-refractivity contribution in [2.75, 3.05) is 57.3 Å². The minimum absolute atomic E-state index is 0.0151. The van der Waals surface area contributed by atoms with Gasteiger partial charge in [-0.3, -0.25) is 19.4 Å². The highest BCUT2D eigenvalue weighted by Crippen LogP contribution is 2.30. The van der Waals surface area contributed by atoms with Crippen molar-refractivity contribution in [2.24, 2.45) is 5.92 Å². The van der Waals surface area contributed by atoms with Crippen LogP contribution in [-0.4, -0.2) is 80.1 Å². The Kier molecular flexibility index (Phi) is 7.63. The summed E-state index contributed by atoms with van der Waals surface area (Å²) in [6, 6.07) is 5.26. The highest BCUT2D eigenvalue weighted by Gasteiger charge is 2.38. The van der Waals surface area contributed by atoms with Crippen LogP contribution in [0, 0.1) is 11.7 Å². The molecule has 0 aromatic heterocycles. The lowest BCUT2D eigenvalue weighted by Gasteiger charge is -2.37. The van der Waals surface area contributed by atoms with Crippen LogP contribution in [0.15, 0.2) is 18.2 Å². The van der Waals surface area contributed by atoms with E-state index in [1.807, 2.05) is 0 Å². The van der Waals surface area contributed by atoms with Crippen LogP contribution in [0.3, 0.4) is 0 Å². The van der Waals surface area contributed by atoms with E-state index < -0.39 is 0 Å². The van der Waals surface area contributed by atoms with Crippen LogP contribution in [0.2, 0.25) is 0 Å². The first-order chi connectivity index (χ1) is 15.5. The van der Waals surface area contributed by atoms with E-state index >= 15 is 0 Å². The molecule has 32 heavy (non-hydrogen) atoms. The van der Waals surface area contributed by atoms with Crippen molar-refractivity contribution in [3.8, 4) is 5.75 Å². The first-order valence-electron chi connectivity index (χ1n) is 12.0. The number of nitrogens with zero attached hydrogens (tertiary/aromatic N) is 3. The summed E-state index contributed by atoms with van der Waals surface area (Å²) >= 11 is 0. The van der Waals surface area contributed by atoms with Crippen molar-refractivity contribution >= 4 is 17.5 Å². The van der Waals surface area contributed by atoms with Crippen molar-refractivity contribution in [1.82, 2.24) is 15.1 Å². The predicted molar refractivity (Wildman–Crippen MR) is 121 cm³/mol. The number of halogens is 1. The van der Waals surface area contributed by atoms with Gasteiger partial charge in [0, 0.05) is 57.8 Å². The maximum absolute atomic E-state index is 13.8. The van der Waals surface area contributed by atoms with Gasteiger partial charge in [0.1, 0.15) is 11.6 Å². The van der Waals surface area contributed by atoms with Crippen molar-refractivity contribution in [2.45, 2.75) is 45.1 Å². The second kappa shape index (κ2) is 10.6. The minimum Gasteiger partial charge on any atom is -0.491 e. The van der Waals surface area contributed by atoms with Gasteiger partial charge in [-0.1, -0.05) is 6.92 Å². The Morgan fingerprint density at radius 1 is 1.12 bits per heavy atom. The molecule has 1 saturated carbocycles. The van der Waals surface area contributed by atoms with Crippen molar-refractivity contribution in [1.29, 1.82) is 0 Å². The molecule has 1 atom stereocenters. The molecule has 7 nitrogen and oxygen atoms in total. The predicted octanol–water partition coefficient (Wildman–Crippen LogP) is 2.25. The molecule has 0 radical (unpaired) electrons. The minimum atomic E-state index is -0.253. The van der Waals surface area contributed by atoms with Gasteiger partial charge in [-0.15, -0.1) is 0 Å². The SMILES string of the molecule is CCCOc1ccc(F)cc1N1CCN(CCCN2C(=O)CC(CNC3CC3)C2=O)CC1. The summed E-state index contributed by atoms with van der Waals surface area (Å²) in [4.78, 5) is 30.8. The molecule has 176 valence electrons. The molecule has 1 unspecified atom stereocenters. The van der Waals surface area contributed by atoms with E-state index in [-0.39, 0.29) is 23.5 Å². The fourth-order valence-electron chi connectivity index (χ4n) is 4.48. The van der Waals surface area contributed by atoms with Gasteiger partial charge in [-0.05, 0) is 44.4 Å². The molecule has 8 heteroatoms. The Labute approximate surface area is 189 Å². The second-order valence-corrected chi connectivity index (χ2v) is 9.11. The molecule has 3 fully saturated rings. The molecular weight excluding hydrogens is 411 g/mol. The maximum atomic E-state index is 13.8. The number of rotatable bonds is 11. The third kappa shape index (κ3) is 5.78. The molecule has 2 heterocycles. The molecule has 0 spiro atoms. The van der Waals surface area contributed by atoms with Crippen LogP contribution in [0.25, 0.3) is 0 Å². The summed E-state index contributed by atoms with van der Waals surface area (Å²) < 4.78 is 19.7. The number of hydrogen-bond donors (Lipinski definition) is 1. The van der Waals surface area contributed by atoms with Gasteiger partial charge < -0.3 is 15.0 Å². The van der Waals surface area contributed by atoms with Crippen molar-refractivity contribution in [3.63, 3.8) is 0 Å². The molecule has 1 aliphatic carbocycles. The smallest absolute Gasteiger partial charge is 0.234 e. The van der Waals surface area contributed by atoms with Gasteiger partial charge >= 0.3 is 0 Å². The zero-order chi connectivity index (χ0) is 22.5. The average molecular weight is 447 g/mol. The molecule has 4 rings (SSSR count). The summed E-state index contributed by atoms with van der Waals surface area (Å²) in [5, 5.41) is 3.37. The van der Waals surface area contributed by atoms with E-state index in [9.17, 15) is 14.0 Å². The first kappa shape index (κ1) is 23.0. The Hall–Kier alpha value is -2.19. The molecule has 3 aliphatic rings. The zero-order valence-corrected chi connectivity index (χ0v) is 19.0. The number of likely N-dealkylation sites (tertiary alicyclic amines) is 1. The second-order valence-electron chi connectivity index (χ2n) is 9.11. The lowest BCUT2D eigenvalue weighted by atomic mass is 10.1. The van der Waals surface area contributed by atoms with Crippen LogP contribution >= 0.6 is 0 Å². The lowest BCUT2D eigenvalue weighted by molar-refractivity contribution is -0.139. The van der Waals surface area contributed by atoms with E-state index in [2.05, 4.69) is 22.0 Å². The molecule has 2 saturated heterocycles. The number of carbonyl (C=O) groups is 2. The Morgan fingerprint density at radius 2 is 1.91 bits per heavy atom. The first-order valence-corrected chi connectivity index (χ1v) is 12.0. The number of amides is 2. The molecule has 1 aromatic carbocycles. The summed E-state index contributed by atoms with van der Waals surface area (Å²) in [6.07, 6.45) is 4.39. The van der Waals surface area contributed by atoms with Gasteiger partial charge in [0.05, 0.1) is 18.2 Å². The van der Waals surface area contributed by atoms with Gasteiger partial charge in [-0.25, -0.2) is 4.39 Å². The maximum Gasteiger partial charge on any atom is 0.234 e. The summed E-state index contributed by atoms with van der Waals surface area (Å²) in [6.45, 7) is 7.94. The highest BCUT2D eigenvalue weighted by atomic mass is 19.1. The quantitative estimate of drug-likeness (QED) is 0.526. The molecule has 2 amide bonds. The number of piperazine rings is 1. The molecule has 1 aromatic rings. The number of ether oxygens (including phenoxy) is 1. The Morgan fingerprint density at radius 3 is 2.62 bits per heavy atom. The van der Waals surface area contributed by atoms with Crippen LogP contribution in [0.4, 0.5) is 10.1 Å². The lowest BCUT2D eigenvalue weighted by Crippen LogP contribution is -2.47. The zero-order valence-electron chi connectivity index (χ0n) is 19.0. The molecule has 2 aliphatic heterocycles. The number of hydrogen-bond acceptors (Lipinski definition) is 6. The summed E-state index contributed by atoms with van der Waals surface area (Å²) in [5.41, 5.74) is 0.817. The van der Waals surface area contributed by atoms with Crippen LogP contribution in [0.1, 0.15) is 39.0 Å². The normalized spacial score (nSPS) is 22.1. The standard InChI is InChI=1S/C24H35FN4O3/c1-2-14-32-22-7-4-19(25)16-21(22)28-12-10-27(11-13-28)8-3-9-29-23(30)15-18(24(29)31)17-26-20-5-6-20/h4,7,16,18,20,26H,2-3,5-6,8-15,17H2,1H3. The van der Waals surface area contributed by atoms with Crippen molar-refractivity contribution in [3.05, 3.63) is 24.0 Å². The van der Waals surface area contributed by atoms with Crippen LogP contribution in [0.5, 0.6) is 5.75 Å². The van der Waals surface area contributed by atoms with Crippen molar-refractivity contribution < 1.29 is 18.7 Å². The third-order valence-electron chi connectivity index (χ3n) is 6.52. The van der Waals surface area contributed by atoms with Gasteiger partial charge in [0.25, 0.3) is 0 Å². The van der Waals surface area contributed by atoms with E-state index in [0.717, 1.165) is 57.0 Å². The molecule has 1 N–H and O–H groups in total. The van der Waals surface area contributed by atoms with Crippen LogP contribution in [-0.2, 0) is 9.59 Å². The van der Waals surface area contributed by atoms with Gasteiger partial charge in [-0.2, -0.15) is 0 Å². The van der Waals surface area contributed by atoms with E-state index in [0.29, 0.717) is 32.2 Å². The number of carbonyl (C=O) groups excluding carboxylic acids is 2. The fraction of sp³-hybridized carbons (Fsp3) is 0.667. The van der Waals surface area contributed by atoms with E-state index in [1.54, 1.807) is 12.1 Å². The molecular formula is C24H35FN4O3. The largest absolute Gasteiger partial charge is 0.491 e. The van der Waals surface area contributed by atoms with Crippen LogP contribution < -0.4 is 15.0 Å². The highest BCUT2D eigenvalue weighted by molar-refractivity contribution is 6.03. The third-order valence-corrected chi connectivity index (χ3v) is 6.52. The van der Waals surface area contributed by atoms with Gasteiger partial charge in [0.15, 0.2) is 0 Å². The summed E-state index contributed by atoms with van der Waals surface area (Å²) in [7, 11) is 0. The Bertz CT molecular complexity index is 808.